The molecule has 2 rings (SSSR count). The Balaban J connectivity index is 0.000000435. The van der Waals surface area contributed by atoms with Gasteiger partial charge in [-0.15, -0.1) is 0 Å². The summed E-state index contributed by atoms with van der Waals surface area (Å²) in [7, 11) is 3.33. The Bertz CT molecular complexity index is 904. The fourth-order valence-electron chi connectivity index (χ4n) is 3.39. The Hall–Kier alpha value is -2.89. The third-order valence-electron chi connectivity index (χ3n) is 5.44. The zero-order valence-electron chi connectivity index (χ0n) is 25.6. The summed E-state index contributed by atoms with van der Waals surface area (Å²) in [5.41, 5.74) is 9.62. The molecule has 41 heavy (non-hydrogen) atoms. The molecule has 0 aliphatic rings. The number of hydrogen-bond donors (Lipinski definition) is 4. The van der Waals surface area contributed by atoms with Crippen LogP contribution in [0, 0.1) is 0 Å². The lowest BCUT2D eigenvalue weighted by atomic mass is 10.1. The molecule has 0 saturated heterocycles. The molecule has 0 atom stereocenters. The maximum atomic E-state index is 11.6. The topological polar surface area (TPSA) is 125 Å². The molecular formula is C31H52N4O6. The Morgan fingerprint density at radius 2 is 1.15 bits per heavy atom. The maximum absolute atomic E-state index is 11.6. The molecule has 0 spiro atoms. The van der Waals surface area contributed by atoms with E-state index in [2.05, 4.69) is 40.2 Å². The van der Waals surface area contributed by atoms with Crippen LogP contribution in [0.25, 0.3) is 0 Å². The second kappa shape index (κ2) is 22.8. The van der Waals surface area contributed by atoms with Gasteiger partial charge in [-0.2, -0.15) is 0 Å². The van der Waals surface area contributed by atoms with E-state index in [1.807, 2.05) is 45.0 Å². The summed E-state index contributed by atoms with van der Waals surface area (Å²) in [6, 6.07) is 16.5. The fraction of sp³-hybridized carbons (Fsp3) is 0.581. The van der Waals surface area contributed by atoms with Gasteiger partial charge in [0.1, 0.15) is 5.60 Å². The molecule has 10 nitrogen and oxygen atoms in total. The molecule has 0 unspecified atom stereocenters. The Morgan fingerprint density at radius 3 is 1.56 bits per heavy atom. The van der Waals surface area contributed by atoms with Crippen LogP contribution in [0.15, 0.2) is 48.5 Å². The van der Waals surface area contributed by atoms with Crippen molar-refractivity contribution in [3.05, 3.63) is 59.7 Å². The number of hydrogen-bond acceptors (Lipinski definition) is 9. The van der Waals surface area contributed by atoms with E-state index in [0.717, 1.165) is 42.9 Å². The van der Waals surface area contributed by atoms with Gasteiger partial charge >= 0.3 is 6.09 Å². The number of methoxy groups -OCH3 is 2. The van der Waals surface area contributed by atoms with Gasteiger partial charge in [0.2, 0.25) is 0 Å². The summed E-state index contributed by atoms with van der Waals surface area (Å²) in [5, 5.41) is 9.34. The lowest BCUT2D eigenvalue weighted by Gasteiger charge is -2.19. The summed E-state index contributed by atoms with van der Waals surface area (Å²) in [5.74, 6) is 0. The van der Waals surface area contributed by atoms with Crippen LogP contribution >= 0.6 is 0 Å². The second-order valence-electron chi connectivity index (χ2n) is 10.2. The van der Waals surface area contributed by atoms with Crippen molar-refractivity contribution in [2.45, 2.75) is 39.2 Å². The van der Waals surface area contributed by atoms with E-state index in [0.29, 0.717) is 52.7 Å². The van der Waals surface area contributed by atoms with Crippen molar-refractivity contribution in [2.24, 2.45) is 5.73 Å². The third kappa shape index (κ3) is 20.6. The predicted octanol–water partition coefficient (Wildman–Crippen LogP) is 4.09. The van der Waals surface area contributed by atoms with Crippen molar-refractivity contribution in [3.8, 4) is 0 Å². The van der Waals surface area contributed by atoms with E-state index in [1.165, 1.54) is 5.56 Å². The van der Waals surface area contributed by atoms with E-state index in [-0.39, 0.29) is 6.09 Å². The van der Waals surface area contributed by atoms with Gasteiger partial charge in [-0.25, -0.2) is 4.79 Å². The minimum Gasteiger partial charge on any atom is -0.444 e. The minimum absolute atomic E-state index is 0.380. The average molecular weight is 577 g/mol. The monoisotopic (exact) mass is 576 g/mol. The molecule has 0 bridgehead atoms. The van der Waals surface area contributed by atoms with Crippen molar-refractivity contribution < 1.29 is 28.5 Å². The highest BCUT2D eigenvalue weighted by Gasteiger charge is 2.15. The van der Waals surface area contributed by atoms with E-state index < -0.39 is 5.60 Å². The summed E-state index contributed by atoms with van der Waals surface area (Å²) in [6.07, 6.45) is 1.31. The number of carbonyl (C=O) groups is 1. The summed E-state index contributed by atoms with van der Waals surface area (Å²) in [6.45, 7) is 12.2. The minimum atomic E-state index is -0.468. The second-order valence-corrected chi connectivity index (χ2v) is 10.2. The largest absolute Gasteiger partial charge is 0.444 e. The number of alkyl carbamates (subject to hydrolysis) is 1. The zero-order chi connectivity index (χ0) is 30.2. The van der Waals surface area contributed by atoms with Crippen LogP contribution in [0.1, 0.15) is 31.9 Å². The first kappa shape index (κ1) is 36.1. The van der Waals surface area contributed by atoms with Crippen molar-refractivity contribution in [3.63, 3.8) is 0 Å². The molecule has 5 N–H and O–H groups in total. The number of rotatable bonds is 19. The molecule has 2 aromatic rings. The molecule has 0 radical (unpaired) electrons. The molecule has 0 aliphatic heterocycles. The van der Waals surface area contributed by atoms with Crippen molar-refractivity contribution in [1.82, 2.24) is 5.32 Å². The lowest BCUT2D eigenvalue weighted by molar-refractivity contribution is 0.0528. The first-order valence-electron chi connectivity index (χ1n) is 14.2. The van der Waals surface area contributed by atoms with Crippen LogP contribution in [0.2, 0.25) is 0 Å². The number of nitrogens with one attached hydrogen (secondary N) is 3. The van der Waals surface area contributed by atoms with Gasteiger partial charge in [0, 0.05) is 45.2 Å². The van der Waals surface area contributed by atoms with Crippen LogP contribution in [0.4, 0.5) is 16.2 Å². The fourth-order valence-corrected chi connectivity index (χ4v) is 3.39. The molecule has 1 amide bonds. The smallest absolute Gasteiger partial charge is 0.407 e. The Morgan fingerprint density at radius 1 is 0.683 bits per heavy atom. The van der Waals surface area contributed by atoms with Crippen LogP contribution in [-0.2, 0) is 36.5 Å². The highest BCUT2D eigenvalue weighted by molar-refractivity contribution is 5.67. The number of amides is 1. The van der Waals surface area contributed by atoms with Crippen LogP contribution in [0.5, 0.6) is 0 Å². The lowest BCUT2D eigenvalue weighted by Crippen LogP contribution is -2.33. The standard InChI is InChI=1S/C18H30N2O4.C13H22N2O2/c1-18(2,3)24-17(21)20-10-9-15-5-7-16(8-6-15)19-11-12-23-14-13-22-4;1-16-10-11-17-9-8-15-13-4-2-12(3-5-13)6-7-14/h5-8,19H,9-14H2,1-4H3,(H,20,21);2-5,15H,6-11,14H2,1H3. The van der Waals surface area contributed by atoms with Gasteiger partial charge in [-0.1, -0.05) is 24.3 Å². The predicted molar refractivity (Wildman–Crippen MR) is 166 cm³/mol. The van der Waals surface area contributed by atoms with Crippen LogP contribution < -0.4 is 21.7 Å². The molecule has 0 fully saturated rings. The van der Waals surface area contributed by atoms with E-state index >= 15 is 0 Å². The number of ether oxygens (including phenoxy) is 5. The number of carbonyl (C=O) groups excluding carboxylic acids is 1. The highest BCUT2D eigenvalue weighted by Crippen LogP contribution is 2.11. The average Bonchev–Trinajstić information content (AvgIpc) is 2.94. The summed E-state index contributed by atoms with van der Waals surface area (Å²) >= 11 is 0. The molecule has 0 aromatic heterocycles. The van der Waals surface area contributed by atoms with E-state index in [4.69, 9.17) is 29.4 Å². The Kier molecular flexibility index (Phi) is 20.1. The summed E-state index contributed by atoms with van der Waals surface area (Å²) in [4.78, 5) is 11.6. The normalized spacial score (nSPS) is 10.9. The third-order valence-corrected chi connectivity index (χ3v) is 5.44. The van der Waals surface area contributed by atoms with Gasteiger partial charge in [-0.05, 0) is 75.5 Å². The molecule has 232 valence electrons. The molecule has 0 saturated carbocycles. The van der Waals surface area contributed by atoms with Crippen molar-refractivity contribution >= 4 is 17.5 Å². The molecule has 0 heterocycles. The van der Waals surface area contributed by atoms with Crippen molar-refractivity contribution in [1.29, 1.82) is 0 Å². The van der Waals surface area contributed by atoms with Gasteiger partial charge in [0.15, 0.2) is 0 Å². The van der Waals surface area contributed by atoms with E-state index in [9.17, 15) is 4.79 Å². The number of benzene rings is 2. The van der Waals surface area contributed by atoms with Gasteiger partial charge in [-0.3, -0.25) is 0 Å². The summed E-state index contributed by atoms with van der Waals surface area (Å²) < 4.78 is 25.7. The SMILES string of the molecule is COCCOCCNc1ccc(CCN)cc1.COCCOCCNc1ccc(CCNC(=O)OC(C)(C)C)cc1. The first-order valence-corrected chi connectivity index (χ1v) is 14.2. The molecule has 2 aromatic carbocycles. The van der Waals surface area contributed by atoms with Crippen LogP contribution in [-0.4, -0.2) is 91.7 Å². The van der Waals surface area contributed by atoms with Gasteiger partial charge in [0.25, 0.3) is 0 Å². The van der Waals surface area contributed by atoms with E-state index in [1.54, 1.807) is 14.2 Å². The highest BCUT2D eigenvalue weighted by atomic mass is 16.6. The molecule has 10 heteroatoms. The number of nitrogens with two attached hydrogens (primary N) is 1. The Labute approximate surface area is 246 Å². The zero-order valence-corrected chi connectivity index (χ0v) is 25.6. The van der Waals surface area contributed by atoms with Crippen molar-refractivity contribution in [2.75, 3.05) is 90.7 Å². The molecule has 0 aliphatic carbocycles. The first-order chi connectivity index (χ1) is 19.8. The maximum Gasteiger partial charge on any atom is 0.407 e. The quantitative estimate of drug-likeness (QED) is 0.183. The van der Waals surface area contributed by atoms with Gasteiger partial charge < -0.3 is 45.4 Å². The van der Waals surface area contributed by atoms with Gasteiger partial charge in [0.05, 0.1) is 39.6 Å². The van der Waals surface area contributed by atoms with Crippen LogP contribution in [0.3, 0.4) is 0 Å². The molecular weight excluding hydrogens is 524 g/mol. The number of anilines is 2.